The van der Waals surface area contributed by atoms with E-state index >= 15 is 0 Å². The lowest BCUT2D eigenvalue weighted by Crippen LogP contribution is -2.39. The van der Waals surface area contributed by atoms with Crippen LogP contribution in [-0.4, -0.2) is 44.1 Å². The van der Waals surface area contributed by atoms with Crippen molar-refractivity contribution in [3.05, 3.63) is 47.7 Å². The molecule has 1 unspecified atom stereocenters. The summed E-state index contributed by atoms with van der Waals surface area (Å²) in [6, 6.07) is 3.90. The average molecular weight is 341 g/mol. The summed E-state index contributed by atoms with van der Waals surface area (Å²) in [4.78, 5) is 23.3. The number of piperidine rings is 1. The van der Waals surface area contributed by atoms with Crippen molar-refractivity contribution in [1.29, 1.82) is 0 Å². The first-order valence-corrected chi connectivity index (χ1v) is 8.62. The minimum atomic E-state index is -0.106. The summed E-state index contributed by atoms with van der Waals surface area (Å²) in [5, 5.41) is 10.3. The van der Waals surface area contributed by atoms with Gasteiger partial charge in [0.25, 0.3) is 11.8 Å². The summed E-state index contributed by atoms with van der Waals surface area (Å²) in [6.45, 7) is 1.26. The van der Waals surface area contributed by atoms with E-state index in [1.807, 2.05) is 17.5 Å². The monoisotopic (exact) mass is 341 g/mol. The van der Waals surface area contributed by atoms with Crippen molar-refractivity contribution in [2.75, 3.05) is 13.1 Å². The number of hydrogen-bond acceptors (Lipinski definition) is 7. The number of rotatable bonds is 3. The minimum Gasteiger partial charge on any atom is -0.420 e. The van der Waals surface area contributed by atoms with Gasteiger partial charge >= 0.3 is 0 Å². The Kier molecular flexibility index (Phi) is 4.04. The van der Waals surface area contributed by atoms with Crippen LogP contribution in [0.5, 0.6) is 0 Å². The van der Waals surface area contributed by atoms with Gasteiger partial charge in [0, 0.05) is 25.5 Å². The zero-order valence-corrected chi connectivity index (χ0v) is 13.6. The van der Waals surface area contributed by atoms with Crippen LogP contribution in [0.3, 0.4) is 0 Å². The van der Waals surface area contributed by atoms with Gasteiger partial charge in [-0.2, -0.15) is 0 Å². The van der Waals surface area contributed by atoms with Crippen LogP contribution in [-0.2, 0) is 0 Å². The minimum absolute atomic E-state index is 0.0561. The van der Waals surface area contributed by atoms with E-state index in [1.54, 1.807) is 22.4 Å². The fourth-order valence-corrected chi connectivity index (χ4v) is 3.48. The maximum atomic E-state index is 12.5. The van der Waals surface area contributed by atoms with Gasteiger partial charge in [-0.15, -0.1) is 21.5 Å². The molecule has 0 aromatic carbocycles. The molecule has 4 heterocycles. The number of hydrogen-bond donors (Lipinski definition) is 0. The Morgan fingerprint density at radius 1 is 1.33 bits per heavy atom. The molecule has 0 N–H and O–H groups in total. The molecule has 4 rings (SSSR count). The topological polar surface area (TPSA) is 85.0 Å². The molecule has 0 saturated carbocycles. The van der Waals surface area contributed by atoms with E-state index in [4.69, 9.17) is 4.42 Å². The molecule has 8 heteroatoms. The SMILES string of the molecule is O=C(c1cnccn1)N1CCCC(c2nnc(-c3cccs3)o2)C1. The first-order valence-electron chi connectivity index (χ1n) is 7.74. The van der Waals surface area contributed by atoms with Gasteiger partial charge in [0.15, 0.2) is 0 Å². The highest BCUT2D eigenvalue weighted by Crippen LogP contribution is 2.30. The second-order valence-corrected chi connectivity index (χ2v) is 6.55. The smallest absolute Gasteiger partial charge is 0.274 e. The fourth-order valence-electron chi connectivity index (χ4n) is 2.83. The lowest BCUT2D eigenvalue weighted by atomic mass is 9.98. The molecule has 122 valence electrons. The molecule has 1 amide bonds. The van der Waals surface area contributed by atoms with Gasteiger partial charge in [-0.05, 0) is 24.3 Å². The molecule has 0 radical (unpaired) electrons. The van der Waals surface area contributed by atoms with Crippen LogP contribution >= 0.6 is 11.3 Å². The van der Waals surface area contributed by atoms with Crippen molar-refractivity contribution < 1.29 is 9.21 Å². The lowest BCUT2D eigenvalue weighted by molar-refractivity contribution is 0.0692. The summed E-state index contributed by atoms with van der Waals surface area (Å²) in [5.74, 6) is 1.08. The van der Waals surface area contributed by atoms with Crippen LogP contribution in [0.25, 0.3) is 10.8 Å². The van der Waals surface area contributed by atoms with E-state index in [-0.39, 0.29) is 11.8 Å². The molecular formula is C16H15N5O2S. The van der Waals surface area contributed by atoms with E-state index in [0.717, 1.165) is 17.7 Å². The molecule has 1 aliphatic rings. The molecule has 3 aromatic rings. The highest BCUT2D eigenvalue weighted by Gasteiger charge is 2.29. The number of carbonyl (C=O) groups is 1. The van der Waals surface area contributed by atoms with Gasteiger partial charge in [-0.25, -0.2) is 4.98 Å². The zero-order chi connectivity index (χ0) is 16.4. The summed E-state index contributed by atoms with van der Waals surface area (Å²) < 4.78 is 5.82. The molecule has 0 aliphatic carbocycles. The van der Waals surface area contributed by atoms with Crippen molar-refractivity contribution in [2.45, 2.75) is 18.8 Å². The van der Waals surface area contributed by atoms with Crippen molar-refractivity contribution in [3.63, 3.8) is 0 Å². The third kappa shape index (κ3) is 2.92. The zero-order valence-electron chi connectivity index (χ0n) is 12.8. The highest BCUT2D eigenvalue weighted by atomic mass is 32.1. The number of likely N-dealkylation sites (tertiary alicyclic amines) is 1. The summed E-state index contributed by atoms with van der Waals surface area (Å²) >= 11 is 1.56. The standard InChI is InChI=1S/C16H15N5O2S/c22-16(12-9-17-5-6-18-12)21-7-1-3-11(10-21)14-19-20-15(23-14)13-4-2-8-24-13/h2,4-6,8-9,11H,1,3,7,10H2. The largest absolute Gasteiger partial charge is 0.420 e. The van der Waals surface area contributed by atoms with Gasteiger partial charge in [0.2, 0.25) is 5.89 Å². The fraction of sp³-hybridized carbons (Fsp3) is 0.312. The van der Waals surface area contributed by atoms with E-state index in [1.165, 1.54) is 12.4 Å². The highest BCUT2D eigenvalue weighted by molar-refractivity contribution is 7.13. The molecule has 24 heavy (non-hydrogen) atoms. The Labute approximate surface area is 142 Å². The first-order chi connectivity index (χ1) is 11.8. The molecule has 0 spiro atoms. The van der Waals surface area contributed by atoms with Crippen LogP contribution in [0.2, 0.25) is 0 Å². The Bertz CT molecular complexity index is 818. The van der Waals surface area contributed by atoms with E-state index < -0.39 is 0 Å². The molecule has 1 aliphatic heterocycles. The predicted octanol–water partition coefficient (Wildman–Crippen LogP) is 2.61. The quantitative estimate of drug-likeness (QED) is 0.728. The third-order valence-corrected chi connectivity index (χ3v) is 4.87. The molecule has 3 aromatic heterocycles. The third-order valence-electron chi connectivity index (χ3n) is 4.01. The van der Waals surface area contributed by atoms with Gasteiger partial charge < -0.3 is 9.32 Å². The maximum absolute atomic E-state index is 12.5. The van der Waals surface area contributed by atoms with Crippen LogP contribution in [0.4, 0.5) is 0 Å². The lowest BCUT2D eigenvalue weighted by Gasteiger charge is -2.30. The number of amides is 1. The van der Waals surface area contributed by atoms with Gasteiger partial charge in [0.05, 0.1) is 17.0 Å². The Morgan fingerprint density at radius 2 is 2.29 bits per heavy atom. The van der Waals surface area contributed by atoms with Crippen molar-refractivity contribution in [2.24, 2.45) is 0 Å². The Hall–Kier alpha value is -2.61. The molecule has 1 fully saturated rings. The Morgan fingerprint density at radius 3 is 3.08 bits per heavy atom. The number of carbonyl (C=O) groups excluding carboxylic acids is 1. The molecular weight excluding hydrogens is 326 g/mol. The normalized spacial score (nSPS) is 17.8. The molecule has 1 atom stereocenters. The molecule has 0 bridgehead atoms. The van der Waals surface area contributed by atoms with Crippen molar-refractivity contribution in [3.8, 4) is 10.8 Å². The summed E-state index contributed by atoms with van der Waals surface area (Å²) in [5.41, 5.74) is 0.364. The molecule has 7 nitrogen and oxygen atoms in total. The van der Waals surface area contributed by atoms with Gasteiger partial charge in [-0.1, -0.05) is 6.07 Å². The number of nitrogens with zero attached hydrogens (tertiary/aromatic N) is 5. The summed E-state index contributed by atoms with van der Waals surface area (Å²) in [7, 11) is 0. The van der Waals surface area contributed by atoms with Crippen molar-refractivity contribution in [1.82, 2.24) is 25.1 Å². The van der Waals surface area contributed by atoms with E-state index in [2.05, 4.69) is 20.2 Å². The Balaban J connectivity index is 1.50. The average Bonchev–Trinajstić information content (AvgIpc) is 3.33. The number of aromatic nitrogens is 4. The second kappa shape index (κ2) is 6.48. The summed E-state index contributed by atoms with van der Waals surface area (Å²) in [6.07, 6.45) is 6.40. The predicted molar refractivity (Wildman–Crippen MR) is 87.5 cm³/mol. The first kappa shape index (κ1) is 14.9. The van der Waals surface area contributed by atoms with Crippen LogP contribution in [0, 0.1) is 0 Å². The van der Waals surface area contributed by atoms with E-state index in [9.17, 15) is 4.79 Å². The second-order valence-electron chi connectivity index (χ2n) is 5.60. The maximum Gasteiger partial charge on any atom is 0.274 e. The van der Waals surface area contributed by atoms with Crippen LogP contribution in [0.1, 0.15) is 35.1 Å². The van der Waals surface area contributed by atoms with Gasteiger partial charge in [0.1, 0.15) is 5.69 Å². The number of thiophene rings is 1. The van der Waals surface area contributed by atoms with Gasteiger partial charge in [-0.3, -0.25) is 9.78 Å². The molecule has 1 saturated heterocycles. The van der Waals surface area contributed by atoms with E-state index in [0.29, 0.717) is 30.6 Å². The van der Waals surface area contributed by atoms with Crippen LogP contribution < -0.4 is 0 Å². The van der Waals surface area contributed by atoms with Crippen molar-refractivity contribution >= 4 is 17.2 Å². The van der Waals surface area contributed by atoms with Crippen LogP contribution in [0.15, 0.2) is 40.5 Å².